The molecule has 0 aliphatic rings. The van der Waals surface area contributed by atoms with Crippen LogP contribution in [-0.2, 0) is 38.0 Å². The molecule has 0 bridgehead atoms. The molecule has 60 heavy (non-hydrogen) atoms. The average Bonchev–Trinajstić information content (AvgIpc) is 3.19. The summed E-state index contributed by atoms with van der Waals surface area (Å²) in [5, 5.41) is 20.9. The lowest BCUT2D eigenvalue weighted by atomic mass is 9.96. The minimum absolute atomic E-state index is 0.0504. The SMILES string of the molecule is C=C(C)C(=O)OCC(C)OC(=O)NCCCCCCNC(=O)OC(C)(C)C(=O)c1ccc(OCCOC(O)NCCCCCCNC(=O)OC(C)COC(=O)C(=C)C)cc1. The van der Waals surface area contributed by atoms with Gasteiger partial charge in [-0.15, -0.1) is 0 Å². The smallest absolute Gasteiger partial charge is 0.408 e. The van der Waals surface area contributed by atoms with Crippen LogP contribution in [0.25, 0.3) is 0 Å². The van der Waals surface area contributed by atoms with Gasteiger partial charge < -0.3 is 54.2 Å². The minimum Gasteiger partial charge on any atom is -0.491 e. The molecule has 0 heterocycles. The van der Waals surface area contributed by atoms with Crippen molar-refractivity contribution in [2.75, 3.05) is 52.6 Å². The second kappa shape index (κ2) is 29.9. The van der Waals surface area contributed by atoms with Crippen molar-refractivity contribution < 1.29 is 67.0 Å². The van der Waals surface area contributed by atoms with Crippen LogP contribution < -0.4 is 26.0 Å². The number of aliphatic hydroxyl groups excluding tert-OH is 1. The molecule has 0 aromatic heterocycles. The van der Waals surface area contributed by atoms with Crippen LogP contribution in [-0.4, -0.2) is 118 Å². The zero-order chi connectivity index (χ0) is 44.9. The number of amides is 3. The zero-order valence-corrected chi connectivity index (χ0v) is 36.0. The van der Waals surface area contributed by atoms with E-state index < -0.39 is 60.2 Å². The summed E-state index contributed by atoms with van der Waals surface area (Å²) in [6, 6.07) is 6.38. The van der Waals surface area contributed by atoms with Gasteiger partial charge >= 0.3 is 30.2 Å². The molecule has 1 rings (SSSR count). The molecule has 0 fully saturated rings. The molecule has 0 radical (unpaired) electrons. The van der Waals surface area contributed by atoms with Crippen LogP contribution in [0.15, 0.2) is 48.6 Å². The van der Waals surface area contributed by atoms with Gasteiger partial charge in [-0.3, -0.25) is 10.1 Å². The molecule has 5 N–H and O–H groups in total. The maximum Gasteiger partial charge on any atom is 0.408 e. The summed E-state index contributed by atoms with van der Waals surface area (Å²) in [5.74, 6) is -0.987. The van der Waals surface area contributed by atoms with E-state index in [1.807, 2.05) is 0 Å². The van der Waals surface area contributed by atoms with Crippen molar-refractivity contribution in [1.29, 1.82) is 0 Å². The number of aliphatic hydroxyl groups is 1. The van der Waals surface area contributed by atoms with E-state index >= 15 is 0 Å². The van der Waals surface area contributed by atoms with Gasteiger partial charge in [-0.05, 0) is 98.0 Å². The number of benzene rings is 1. The normalized spacial score (nSPS) is 12.4. The van der Waals surface area contributed by atoms with Crippen molar-refractivity contribution in [1.82, 2.24) is 21.3 Å². The number of unbranched alkanes of at least 4 members (excludes halogenated alkanes) is 6. The van der Waals surface area contributed by atoms with Crippen LogP contribution in [0, 0.1) is 0 Å². The predicted octanol–water partition coefficient (Wildman–Crippen LogP) is 5.22. The summed E-state index contributed by atoms with van der Waals surface area (Å²) in [6.45, 7) is 18.2. The van der Waals surface area contributed by atoms with E-state index in [0.29, 0.717) is 50.3 Å². The predicted molar refractivity (Wildman–Crippen MR) is 221 cm³/mol. The second-order valence-corrected chi connectivity index (χ2v) is 14.6. The van der Waals surface area contributed by atoms with Gasteiger partial charge in [0.2, 0.25) is 12.2 Å². The monoisotopic (exact) mass is 850 g/mol. The fourth-order valence-electron chi connectivity index (χ4n) is 4.90. The number of ketones is 1. The highest BCUT2D eigenvalue weighted by Crippen LogP contribution is 2.20. The first-order chi connectivity index (χ1) is 28.4. The van der Waals surface area contributed by atoms with Gasteiger partial charge in [0, 0.05) is 36.3 Å². The Balaban J connectivity index is 2.14. The zero-order valence-electron chi connectivity index (χ0n) is 36.0. The Morgan fingerprint density at radius 3 is 1.53 bits per heavy atom. The van der Waals surface area contributed by atoms with Crippen LogP contribution >= 0.6 is 0 Å². The first-order valence-corrected chi connectivity index (χ1v) is 20.2. The van der Waals surface area contributed by atoms with Crippen LogP contribution in [0.3, 0.4) is 0 Å². The number of carbonyl (C=O) groups is 6. The van der Waals surface area contributed by atoms with E-state index in [0.717, 1.165) is 38.5 Å². The Bertz CT molecular complexity index is 1520. The van der Waals surface area contributed by atoms with Gasteiger partial charge in [0.25, 0.3) is 0 Å². The highest BCUT2D eigenvalue weighted by Gasteiger charge is 2.33. The third-order valence-electron chi connectivity index (χ3n) is 8.18. The largest absolute Gasteiger partial charge is 0.491 e. The third-order valence-corrected chi connectivity index (χ3v) is 8.18. The molecule has 1 aromatic rings. The van der Waals surface area contributed by atoms with E-state index in [1.165, 1.54) is 27.7 Å². The molecule has 0 saturated carbocycles. The highest BCUT2D eigenvalue weighted by atomic mass is 16.6. The number of alkyl carbamates (subject to hydrolysis) is 3. The molecular weight excluding hydrogens is 784 g/mol. The van der Waals surface area contributed by atoms with E-state index in [2.05, 4.69) is 34.4 Å². The van der Waals surface area contributed by atoms with Crippen molar-refractivity contribution in [3.8, 4) is 5.75 Å². The number of nitrogens with one attached hydrogen (secondary N) is 4. The van der Waals surface area contributed by atoms with E-state index in [-0.39, 0.29) is 37.6 Å². The molecule has 0 aliphatic heterocycles. The number of ether oxygens (including phenoxy) is 7. The standard InChI is InChI=1S/C42H66N4O14/c1-29(2)36(48)56-27-31(5)58-39(51)44-22-14-10-9-13-21-43-38(50)55-26-25-54-34-19-17-33(18-20-34)35(47)42(7,8)60-41(53)46-24-16-12-11-15-23-45-40(52)59-32(6)28-57-37(49)30(3)4/h17-20,31-32,38,43,50H,1,3,9-16,21-28H2,2,4-8H3,(H,44,51)(H,45,52)(H,46,53). The molecule has 0 saturated heterocycles. The first-order valence-electron chi connectivity index (χ1n) is 20.2. The summed E-state index contributed by atoms with van der Waals surface area (Å²) in [4.78, 5) is 72.0. The van der Waals surface area contributed by atoms with Gasteiger partial charge in [0.05, 0.1) is 6.61 Å². The van der Waals surface area contributed by atoms with Crippen molar-refractivity contribution in [2.45, 2.75) is 117 Å². The summed E-state index contributed by atoms with van der Waals surface area (Å²) in [7, 11) is 0. The number of esters is 2. The molecule has 3 unspecified atom stereocenters. The fourth-order valence-corrected chi connectivity index (χ4v) is 4.90. The lowest BCUT2D eigenvalue weighted by Gasteiger charge is -2.24. The molecule has 0 aliphatic carbocycles. The molecule has 3 amide bonds. The fraction of sp³-hybridized carbons (Fsp3) is 0.619. The van der Waals surface area contributed by atoms with Gasteiger partial charge in [-0.25, -0.2) is 24.0 Å². The Morgan fingerprint density at radius 2 is 1.08 bits per heavy atom. The lowest BCUT2D eigenvalue weighted by molar-refractivity contribution is -0.142. The van der Waals surface area contributed by atoms with Gasteiger partial charge in [0.15, 0.2) is 5.60 Å². The van der Waals surface area contributed by atoms with Gasteiger partial charge in [0.1, 0.15) is 37.8 Å². The van der Waals surface area contributed by atoms with Crippen LogP contribution in [0.1, 0.15) is 103 Å². The first kappa shape index (κ1) is 52.8. The van der Waals surface area contributed by atoms with Crippen LogP contribution in [0.4, 0.5) is 14.4 Å². The molecule has 18 heteroatoms. The van der Waals surface area contributed by atoms with Crippen molar-refractivity contribution >= 4 is 36.0 Å². The quantitative estimate of drug-likeness (QED) is 0.0161. The number of Topliss-reactive ketones (excluding diaryl/α,β-unsaturated/α-hetero) is 1. The Morgan fingerprint density at radius 1 is 0.650 bits per heavy atom. The summed E-state index contributed by atoms with van der Waals surface area (Å²) >= 11 is 0. The number of hydrogen-bond acceptors (Lipinski definition) is 15. The Kier molecular flexibility index (Phi) is 26.3. The molecule has 3 atom stereocenters. The van der Waals surface area contributed by atoms with Gasteiger partial charge in [-0.1, -0.05) is 38.8 Å². The highest BCUT2D eigenvalue weighted by molar-refractivity contribution is 6.03. The third kappa shape index (κ3) is 25.3. The maximum absolute atomic E-state index is 13.1. The van der Waals surface area contributed by atoms with Crippen molar-refractivity contribution in [3.63, 3.8) is 0 Å². The Labute approximate surface area is 353 Å². The van der Waals surface area contributed by atoms with Crippen molar-refractivity contribution in [2.24, 2.45) is 0 Å². The Hall–Kier alpha value is -5.20. The van der Waals surface area contributed by atoms with E-state index in [1.54, 1.807) is 38.1 Å². The lowest BCUT2D eigenvalue weighted by Crippen LogP contribution is -2.41. The summed E-state index contributed by atoms with van der Waals surface area (Å²) < 4.78 is 36.6. The van der Waals surface area contributed by atoms with E-state index in [4.69, 9.17) is 33.2 Å². The molecule has 1 aromatic carbocycles. The van der Waals surface area contributed by atoms with Gasteiger partial charge in [-0.2, -0.15) is 0 Å². The van der Waals surface area contributed by atoms with Crippen LogP contribution in [0.5, 0.6) is 5.75 Å². The number of carbonyl (C=O) groups excluding carboxylic acids is 6. The molecule has 18 nitrogen and oxygen atoms in total. The number of rotatable bonds is 31. The average molecular weight is 851 g/mol. The second-order valence-electron chi connectivity index (χ2n) is 14.6. The number of hydrogen-bond donors (Lipinski definition) is 5. The summed E-state index contributed by atoms with van der Waals surface area (Å²) in [5.41, 5.74) is -0.558. The topological polar surface area (TPSA) is 235 Å². The minimum atomic E-state index is -1.43. The summed E-state index contributed by atoms with van der Waals surface area (Å²) in [6.07, 6.45) is 1.96. The molecule has 0 spiro atoms. The molecular formula is C42H66N4O14. The van der Waals surface area contributed by atoms with Crippen molar-refractivity contribution in [3.05, 3.63) is 54.1 Å². The molecule has 338 valence electrons. The van der Waals surface area contributed by atoms with Crippen LogP contribution in [0.2, 0.25) is 0 Å². The van der Waals surface area contributed by atoms with E-state index in [9.17, 15) is 33.9 Å². The maximum atomic E-state index is 13.1.